The summed E-state index contributed by atoms with van der Waals surface area (Å²) in [6.45, 7) is 0.517. The molecule has 0 amide bonds. The summed E-state index contributed by atoms with van der Waals surface area (Å²) in [6, 6.07) is 0. The van der Waals surface area contributed by atoms with E-state index in [1.807, 2.05) is 0 Å². The summed E-state index contributed by atoms with van der Waals surface area (Å²) >= 11 is 0. The highest BCUT2D eigenvalue weighted by atomic mass is 16.7. The summed E-state index contributed by atoms with van der Waals surface area (Å²) in [5.74, 6) is 1.16. The lowest BCUT2D eigenvalue weighted by Gasteiger charge is -2.03. The van der Waals surface area contributed by atoms with E-state index in [2.05, 4.69) is 15.4 Å². The molecule has 0 aliphatic carbocycles. The van der Waals surface area contributed by atoms with E-state index in [9.17, 15) is 0 Å². The standard InChI is InChI=1S/C7H7N3O2/c1-2-11-10-7(1)12-6-3-8-5-9-4-6/h1,3-5,10H,2H2. The number of hydroxylamine groups is 1. The van der Waals surface area contributed by atoms with Crippen LogP contribution in [0.4, 0.5) is 0 Å². The molecule has 0 fully saturated rings. The van der Waals surface area contributed by atoms with Gasteiger partial charge in [-0.15, -0.1) is 0 Å². The van der Waals surface area contributed by atoms with Crippen LogP contribution >= 0.6 is 0 Å². The van der Waals surface area contributed by atoms with Gasteiger partial charge in [0.05, 0.1) is 19.0 Å². The second-order valence-corrected chi connectivity index (χ2v) is 2.16. The second-order valence-electron chi connectivity index (χ2n) is 2.16. The minimum atomic E-state index is 0.517. The van der Waals surface area contributed by atoms with Crippen molar-refractivity contribution in [2.45, 2.75) is 0 Å². The molecular weight excluding hydrogens is 158 g/mol. The van der Waals surface area contributed by atoms with E-state index >= 15 is 0 Å². The van der Waals surface area contributed by atoms with Crippen molar-refractivity contribution < 1.29 is 9.57 Å². The lowest BCUT2D eigenvalue weighted by Crippen LogP contribution is -2.11. The average molecular weight is 165 g/mol. The predicted octanol–water partition coefficient (Wildman–Crippen LogP) is 0.232. The van der Waals surface area contributed by atoms with Gasteiger partial charge in [0.2, 0.25) is 5.88 Å². The first kappa shape index (κ1) is 7.05. The SMILES string of the molecule is C1=C(Oc2cncnc2)NOC1. The molecule has 0 saturated carbocycles. The van der Waals surface area contributed by atoms with Crippen LogP contribution in [0.5, 0.6) is 5.75 Å². The van der Waals surface area contributed by atoms with Crippen LogP contribution in [-0.2, 0) is 4.84 Å². The number of hydrogen-bond donors (Lipinski definition) is 1. The Morgan fingerprint density at radius 2 is 2.25 bits per heavy atom. The topological polar surface area (TPSA) is 56.3 Å². The molecule has 2 heterocycles. The van der Waals surface area contributed by atoms with Crippen molar-refractivity contribution in [3.63, 3.8) is 0 Å². The molecule has 0 radical (unpaired) electrons. The van der Waals surface area contributed by atoms with Crippen molar-refractivity contribution in [3.05, 3.63) is 30.7 Å². The molecule has 0 saturated heterocycles. The second kappa shape index (κ2) is 3.19. The molecule has 0 spiro atoms. The van der Waals surface area contributed by atoms with Gasteiger partial charge in [0.15, 0.2) is 5.75 Å². The van der Waals surface area contributed by atoms with Gasteiger partial charge in [0.25, 0.3) is 0 Å². The molecule has 1 aliphatic heterocycles. The summed E-state index contributed by atoms with van der Waals surface area (Å²) in [5, 5.41) is 0. The molecule has 0 aromatic carbocycles. The fourth-order valence-electron chi connectivity index (χ4n) is 0.799. The Hall–Kier alpha value is -1.62. The Morgan fingerprint density at radius 3 is 2.92 bits per heavy atom. The van der Waals surface area contributed by atoms with Crippen molar-refractivity contribution in [1.29, 1.82) is 0 Å². The Kier molecular flexibility index (Phi) is 1.87. The Morgan fingerprint density at radius 1 is 1.42 bits per heavy atom. The monoisotopic (exact) mass is 165 g/mol. The lowest BCUT2D eigenvalue weighted by atomic mass is 10.6. The number of rotatable bonds is 2. The van der Waals surface area contributed by atoms with Crippen molar-refractivity contribution in [1.82, 2.24) is 15.4 Å². The molecule has 1 N–H and O–H groups in total. The Balaban J connectivity index is 2.04. The summed E-state index contributed by atoms with van der Waals surface area (Å²) in [6.07, 6.45) is 6.38. The van der Waals surface area contributed by atoms with Gasteiger partial charge < -0.3 is 4.74 Å². The Bertz CT molecular complexity index is 286. The first-order valence-corrected chi connectivity index (χ1v) is 3.46. The Labute approximate surface area is 69.0 Å². The third-order valence-electron chi connectivity index (χ3n) is 1.29. The lowest BCUT2D eigenvalue weighted by molar-refractivity contribution is 0.0852. The normalized spacial score (nSPS) is 15.2. The highest BCUT2D eigenvalue weighted by molar-refractivity contribution is 5.14. The highest BCUT2D eigenvalue weighted by Gasteiger charge is 2.05. The van der Waals surface area contributed by atoms with Gasteiger partial charge in [0.1, 0.15) is 6.33 Å². The third-order valence-corrected chi connectivity index (χ3v) is 1.29. The van der Waals surface area contributed by atoms with Gasteiger partial charge in [-0.05, 0) is 0 Å². The molecule has 1 aliphatic rings. The van der Waals surface area contributed by atoms with Crippen LogP contribution in [0.3, 0.4) is 0 Å². The molecule has 12 heavy (non-hydrogen) atoms. The number of nitrogens with one attached hydrogen (secondary N) is 1. The molecule has 2 rings (SSSR count). The van der Waals surface area contributed by atoms with E-state index in [1.54, 1.807) is 18.5 Å². The predicted molar refractivity (Wildman–Crippen MR) is 39.8 cm³/mol. The summed E-state index contributed by atoms with van der Waals surface area (Å²) in [4.78, 5) is 12.4. The van der Waals surface area contributed by atoms with Gasteiger partial charge in [-0.1, -0.05) is 0 Å². The van der Waals surface area contributed by atoms with Gasteiger partial charge in [-0.3, -0.25) is 4.84 Å². The molecular formula is C7H7N3O2. The van der Waals surface area contributed by atoms with Gasteiger partial charge in [-0.25, -0.2) is 15.4 Å². The van der Waals surface area contributed by atoms with E-state index in [1.165, 1.54) is 6.33 Å². The van der Waals surface area contributed by atoms with Crippen LogP contribution in [0.15, 0.2) is 30.7 Å². The molecule has 1 aromatic heterocycles. The number of aromatic nitrogens is 2. The van der Waals surface area contributed by atoms with Gasteiger partial charge in [0, 0.05) is 6.08 Å². The summed E-state index contributed by atoms with van der Waals surface area (Å²) in [7, 11) is 0. The minimum Gasteiger partial charge on any atom is -0.436 e. The maximum Gasteiger partial charge on any atom is 0.215 e. The van der Waals surface area contributed by atoms with Crippen LogP contribution in [0.2, 0.25) is 0 Å². The zero-order valence-electron chi connectivity index (χ0n) is 6.23. The first-order valence-electron chi connectivity index (χ1n) is 3.46. The van der Waals surface area contributed by atoms with Crippen LogP contribution < -0.4 is 10.2 Å². The van der Waals surface area contributed by atoms with Crippen molar-refractivity contribution in [2.24, 2.45) is 0 Å². The zero-order valence-corrected chi connectivity index (χ0v) is 6.23. The maximum absolute atomic E-state index is 5.28. The zero-order chi connectivity index (χ0) is 8.23. The fourth-order valence-corrected chi connectivity index (χ4v) is 0.799. The van der Waals surface area contributed by atoms with Crippen LogP contribution in [0.25, 0.3) is 0 Å². The quantitative estimate of drug-likeness (QED) is 0.679. The summed E-state index contributed by atoms with van der Waals surface area (Å²) in [5.41, 5.74) is 2.59. The molecule has 5 nitrogen and oxygen atoms in total. The minimum absolute atomic E-state index is 0.517. The van der Waals surface area contributed by atoms with Crippen molar-refractivity contribution >= 4 is 0 Å². The molecule has 0 atom stereocenters. The van der Waals surface area contributed by atoms with E-state index in [4.69, 9.17) is 9.57 Å². The van der Waals surface area contributed by atoms with E-state index in [0.717, 1.165) is 0 Å². The molecule has 62 valence electrons. The number of hydrogen-bond acceptors (Lipinski definition) is 5. The highest BCUT2D eigenvalue weighted by Crippen LogP contribution is 2.09. The van der Waals surface area contributed by atoms with Crippen LogP contribution in [0, 0.1) is 0 Å². The summed E-state index contributed by atoms with van der Waals surface area (Å²) < 4.78 is 5.28. The van der Waals surface area contributed by atoms with Gasteiger partial charge >= 0.3 is 0 Å². The van der Waals surface area contributed by atoms with Crippen LogP contribution in [-0.4, -0.2) is 16.6 Å². The number of nitrogens with zero attached hydrogens (tertiary/aromatic N) is 2. The molecule has 1 aromatic rings. The van der Waals surface area contributed by atoms with Crippen molar-refractivity contribution in [2.75, 3.05) is 6.61 Å². The molecule has 0 unspecified atom stereocenters. The molecule has 0 bridgehead atoms. The van der Waals surface area contributed by atoms with Gasteiger partial charge in [-0.2, -0.15) is 0 Å². The smallest absolute Gasteiger partial charge is 0.215 e. The fraction of sp³-hybridized carbons (Fsp3) is 0.143. The molecule has 5 heteroatoms. The van der Waals surface area contributed by atoms with E-state index in [0.29, 0.717) is 18.2 Å². The van der Waals surface area contributed by atoms with Crippen molar-refractivity contribution in [3.8, 4) is 5.75 Å². The average Bonchev–Trinajstić information content (AvgIpc) is 2.59. The van der Waals surface area contributed by atoms with Crippen LogP contribution in [0.1, 0.15) is 0 Å². The van der Waals surface area contributed by atoms with E-state index < -0.39 is 0 Å². The first-order chi connectivity index (χ1) is 5.95. The van der Waals surface area contributed by atoms with E-state index in [-0.39, 0.29) is 0 Å². The largest absolute Gasteiger partial charge is 0.436 e. The maximum atomic E-state index is 5.28. The number of ether oxygens (including phenoxy) is 1. The third kappa shape index (κ3) is 1.51.